The summed E-state index contributed by atoms with van der Waals surface area (Å²) in [5.74, 6) is -1.81. The van der Waals surface area contributed by atoms with Gasteiger partial charge in [0.05, 0.1) is 5.92 Å². The monoisotopic (exact) mass is 221 g/mol. The van der Waals surface area contributed by atoms with Crippen LogP contribution in [0.1, 0.15) is 30.7 Å². The molecule has 1 aromatic rings. The predicted octanol–water partition coefficient (Wildman–Crippen LogP) is 1.51. The maximum Gasteiger partial charge on any atom is 0.310 e. The van der Waals surface area contributed by atoms with E-state index in [1.807, 2.05) is 6.07 Å². The van der Waals surface area contributed by atoms with Crippen molar-refractivity contribution in [3.8, 4) is 0 Å². The lowest BCUT2D eigenvalue weighted by molar-refractivity contribution is -0.139. The van der Waals surface area contributed by atoms with E-state index in [0.29, 0.717) is 12.8 Å². The third-order valence-electron chi connectivity index (χ3n) is 2.42. The van der Waals surface area contributed by atoms with Crippen LogP contribution < -0.4 is 5.73 Å². The fraction of sp³-hybridized carbons (Fsp3) is 0.333. The molecule has 1 unspecified atom stereocenters. The third kappa shape index (κ3) is 3.73. The van der Waals surface area contributed by atoms with Gasteiger partial charge in [0.1, 0.15) is 0 Å². The fourth-order valence-electron chi connectivity index (χ4n) is 1.60. The van der Waals surface area contributed by atoms with Crippen molar-refractivity contribution in [2.45, 2.75) is 25.2 Å². The lowest BCUT2D eigenvalue weighted by Gasteiger charge is -2.11. The van der Waals surface area contributed by atoms with Gasteiger partial charge in [-0.1, -0.05) is 30.3 Å². The SMILES string of the molecule is NC(=O)CCCC(C(=O)O)c1ccccc1. The normalized spacial score (nSPS) is 12.0. The quantitative estimate of drug-likeness (QED) is 0.764. The lowest BCUT2D eigenvalue weighted by atomic mass is 9.94. The van der Waals surface area contributed by atoms with Crippen LogP contribution in [0.15, 0.2) is 30.3 Å². The number of carbonyl (C=O) groups is 2. The molecule has 1 atom stereocenters. The second kappa shape index (κ2) is 5.90. The summed E-state index contributed by atoms with van der Waals surface area (Å²) in [5.41, 5.74) is 5.77. The Balaban J connectivity index is 2.62. The molecule has 0 heterocycles. The summed E-state index contributed by atoms with van der Waals surface area (Å²) in [4.78, 5) is 21.6. The molecule has 3 N–H and O–H groups in total. The first-order valence-corrected chi connectivity index (χ1v) is 5.17. The van der Waals surface area contributed by atoms with E-state index < -0.39 is 17.8 Å². The smallest absolute Gasteiger partial charge is 0.310 e. The van der Waals surface area contributed by atoms with E-state index in [1.54, 1.807) is 24.3 Å². The first-order valence-electron chi connectivity index (χ1n) is 5.17. The van der Waals surface area contributed by atoms with Crippen molar-refractivity contribution < 1.29 is 14.7 Å². The molecule has 86 valence electrons. The highest BCUT2D eigenvalue weighted by molar-refractivity contribution is 5.76. The molecule has 0 spiro atoms. The highest BCUT2D eigenvalue weighted by Gasteiger charge is 2.18. The molecule has 1 aromatic carbocycles. The second-order valence-corrected chi connectivity index (χ2v) is 3.66. The summed E-state index contributed by atoms with van der Waals surface area (Å²) >= 11 is 0. The standard InChI is InChI=1S/C12H15NO3/c13-11(14)8-4-7-10(12(15)16)9-5-2-1-3-6-9/h1-3,5-6,10H,4,7-8H2,(H2,13,14)(H,15,16). The Kier molecular flexibility index (Phi) is 4.51. The van der Waals surface area contributed by atoms with Gasteiger partial charge in [0.15, 0.2) is 0 Å². The topological polar surface area (TPSA) is 80.4 Å². The zero-order chi connectivity index (χ0) is 12.0. The largest absolute Gasteiger partial charge is 0.481 e. The van der Waals surface area contributed by atoms with E-state index in [1.165, 1.54) is 0 Å². The highest BCUT2D eigenvalue weighted by Crippen LogP contribution is 2.21. The zero-order valence-corrected chi connectivity index (χ0v) is 8.93. The number of amides is 1. The fourth-order valence-corrected chi connectivity index (χ4v) is 1.60. The molecule has 0 bridgehead atoms. The van der Waals surface area contributed by atoms with Crippen LogP contribution >= 0.6 is 0 Å². The molecule has 0 aliphatic rings. The Morgan fingerprint density at radius 3 is 2.38 bits per heavy atom. The summed E-state index contributed by atoms with van der Waals surface area (Å²) in [6, 6.07) is 9.01. The van der Waals surface area contributed by atoms with Gasteiger partial charge in [-0.2, -0.15) is 0 Å². The van der Waals surface area contributed by atoms with Crippen molar-refractivity contribution in [2.24, 2.45) is 5.73 Å². The third-order valence-corrected chi connectivity index (χ3v) is 2.42. The maximum atomic E-state index is 11.1. The molecule has 4 nitrogen and oxygen atoms in total. The Labute approximate surface area is 94.1 Å². The molecule has 4 heteroatoms. The Morgan fingerprint density at radius 1 is 1.25 bits per heavy atom. The maximum absolute atomic E-state index is 11.1. The number of hydrogen-bond donors (Lipinski definition) is 2. The minimum absolute atomic E-state index is 0.233. The summed E-state index contributed by atoms with van der Waals surface area (Å²) < 4.78 is 0. The average molecular weight is 221 g/mol. The van der Waals surface area contributed by atoms with Crippen LogP contribution in [0, 0.1) is 0 Å². The van der Waals surface area contributed by atoms with E-state index in [-0.39, 0.29) is 6.42 Å². The van der Waals surface area contributed by atoms with Crippen LogP contribution in [-0.2, 0) is 9.59 Å². The van der Waals surface area contributed by atoms with Gasteiger partial charge in [0, 0.05) is 6.42 Å². The van der Waals surface area contributed by atoms with Crippen LogP contribution in [-0.4, -0.2) is 17.0 Å². The van der Waals surface area contributed by atoms with Crippen LogP contribution in [0.25, 0.3) is 0 Å². The van der Waals surface area contributed by atoms with Crippen molar-refractivity contribution in [3.05, 3.63) is 35.9 Å². The van der Waals surface area contributed by atoms with Crippen LogP contribution in [0.5, 0.6) is 0 Å². The number of hydrogen-bond acceptors (Lipinski definition) is 2. The first-order chi connectivity index (χ1) is 7.61. The van der Waals surface area contributed by atoms with Crippen molar-refractivity contribution in [3.63, 3.8) is 0 Å². The molecule has 16 heavy (non-hydrogen) atoms. The van der Waals surface area contributed by atoms with E-state index in [9.17, 15) is 9.59 Å². The number of aliphatic carboxylic acids is 1. The van der Waals surface area contributed by atoms with Gasteiger partial charge in [-0.05, 0) is 18.4 Å². The zero-order valence-electron chi connectivity index (χ0n) is 8.93. The van der Waals surface area contributed by atoms with Gasteiger partial charge >= 0.3 is 5.97 Å². The average Bonchev–Trinajstić information content (AvgIpc) is 2.25. The first kappa shape index (κ1) is 12.2. The molecular weight excluding hydrogens is 206 g/mol. The van der Waals surface area contributed by atoms with Gasteiger partial charge < -0.3 is 10.8 Å². The van der Waals surface area contributed by atoms with Crippen molar-refractivity contribution >= 4 is 11.9 Å². The number of carbonyl (C=O) groups excluding carboxylic acids is 1. The lowest BCUT2D eigenvalue weighted by Crippen LogP contribution is -2.14. The molecule has 0 aliphatic carbocycles. The predicted molar refractivity (Wildman–Crippen MR) is 59.9 cm³/mol. The van der Waals surface area contributed by atoms with Crippen molar-refractivity contribution in [2.75, 3.05) is 0 Å². The van der Waals surface area contributed by atoms with Crippen LogP contribution in [0.4, 0.5) is 0 Å². The number of carboxylic acids is 1. The van der Waals surface area contributed by atoms with Crippen LogP contribution in [0.2, 0.25) is 0 Å². The van der Waals surface area contributed by atoms with Gasteiger partial charge in [-0.25, -0.2) is 0 Å². The number of primary amides is 1. The summed E-state index contributed by atoms with van der Waals surface area (Å²) in [6.45, 7) is 0. The highest BCUT2D eigenvalue weighted by atomic mass is 16.4. The van der Waals surface area contributed by atoms with Crippen molar-refractivity contribution in [1.82, 2.24) is 0 Å². The van der Waals surface area contributed by atoms with Gasteiger partial charge in [0.2, 0.25) is 5.91 Å². The van der Waals surface area contributed by atoms with E-state index >= 15 is 0 Å². The molecule has 1 rings (SSSR count). The van der Waals surface area contributed by atoms with E-state index in [0.717, 1.165) is 5.56 Å². The summed E-state index contributed by atoms with van der Waals surface area (Å²) in [7, 11) is 0. The second-order valence-electron chi connectivity index (χ2n) is 3.66. The molecule has 0 fully saturated rings. The molecule has 0 aromatic heterocycles. The Morgan fingerprint density at radius 2 is 1.88 bits per heavy atom. The number of nitrogens with two attached hydrogens (primary N) is 1. The molecule has 0 radical (unpaired) electrons. The van der Waals surface area contributed by atoms with Crippen molar-refractivity contribution in [1.29, 1.82) is 0 Å². The number of rotatable bonds is 6. The molecule has 0 saturated carbocycles. The minimum Gasteiger partial charge on any atom is -0.481 e. The molecule has 0 aliphatic heterocycles. The van der Waals surface area contributed by atoms with E-state index in [4.69, 9.17) is 10.8 Å². The number of carboxylic acid groups (broad SMARTS) is 1. The van der Waals surface area contributed by atoms with Gasteiger partial charge in [0.25, 0.3) is 0 Å². The van der Waals surface area contributed by atoms with E-state index in [2.05, 4.69) is 0 Å². The summed E-state index contributed by atoms with van der Waals surface area (Å²) in [5, 5.41) is 9.08. The van der Waals surface area contributed by atoms with Gasteiger partial charge in [-0.15, -0.1) is 0 Å². The van der Waals surface area contributed by atoms with Crippen LogP contribution in [0.3, 0.4) is 0 Å². The molecule has 1 amide bonds. The van der Waals surface area contributed by atoms with Gasteiger partial charge in [-0.3, -0.25) is 9.59 Å². The Bertz CT molecular complexity index is 362. The Hall–Kier alpha value is -1.84. The number of benzene rings is 1. The summed E-state index contributed by atoms with van der Waals surface area (Å²) in [6.07, 6.45) is 1.17. The minimum atomic E-state index is -0.865. The molecule has 0 saturated heterocycles. The molecular formula is C12H15NO3.